The first-order chi connectivity index (χ1) is 10.3. The highest BCUT2D eigenvalue weighted by Crippen LogP contribution is 2.34. The molecule has 2 saturated carbocycles. The van der Waals surface area contributed by atoms with Crippen molar-refractivity contribution in [2.75, 3.05) is 19.6 Å². The minimum atomic E-state index is 0.0622. The van der Waals surface area contributed by atoms with Gasteiger partial charge in [-0.2, -0.15) is 0 Å². The number of rotatable bonds is 5. The number of pyridine rings is 1. The Morgan fingerprint density at radius 1 is 1.24 bits per heavy atom. The van der Waals surface area contributed by atoms with Crippen molar-refractivity contribution in [2.24, 2.45) is 17.6 Å². The van der Waals surface area contributed by atoms with E-state index in [2.05, 4.69) is 16.8 Å². The molecular formula is C17H21N3O. The van der Waals surface area contributed by atoms with Crippen LogP contribution in [0.4, 0.5) is 0 Å². The number of nitrogens with two attached hydrogens (primary N) is 1. The normalized spacial score (nSPS) is 17.0. The molecule has 2 fully saturated rings. The van der Waals surface area contributed by atoms with Crippen molar-refractivity contribution in [2.45, 2.75) is 25.7 Å². The maximum absolute atomic E-state index is 12.6. The van der Waals surface area contributed by atoms with Crippen LogP contribution in [0.3, 0.4) is 0 Å². The van der Waals surface area contributed by atoms with Crippen LogP contribution >= 0.6 is 0 Å². The molecule has 0 bridgehead atoms. The summed E-state index contributed by atoms with van der Waals surface area (Å²) < 4.78 is 0. The number of carbonyl (C=O) groups excluding carboxylic acids is 1. The van der Waals surface area contributed by atoms with E-state index in [0.717, 1.165) is 18.7 Å². The highest BCUT2D eigenvalue weighted by molar-refractivity contribution is 5.92. The van der Waals surface area contributed by atoms with E-state index >= 15 is 0 Å². The van der Waals surface area contributed by atoms with Crippen molar-refractivity contribution < 1.29 is 4.79 Å². The lowest BCUT2D eigenvalue weighted by Gasteiger charge is -2.22. The van der Waals surface area contributed by atoms with Crippen LogP contribution in [0.2, 0.25) is 0 Å². The number of nitrogens with zero attached hydrogens (tertiary/aromatic N) is 2. The second-order valence-electron chi connectivity index (χ2n) is 6.03. The summed E-state index contributed by atoms with van der Waals surface area (Å²) in [5.41, 5.74) is 6.67. The standard InChI is InChI=1S/C17H21N3O/c18-9-1-2-13-7-8-16(19-10-13)17(21)20(11-14-3-4-14)12-15-5-6-15/h7-8,10,14-15H,3-6,9,11-12,18H2. The molecule has 1 heterocycles. The molecule has 4 heteroatoms. The van der Waals surface area contributed by atoms with Gasteiger partial charge >= 0.3 is 0 Å². The van der Waals surface area contributed by atoms with E-state index in [9.17, 15) is 4.79 Å². The van der Waals surface area contributed by atoms with E-state index in [-0.39, 0.29) is 5.91 Å². The molecular weight excluding hydrogens is 262 g/mol. The zero-order chi connectivity index (χ0) is 14.7. The molecule has 2 aliphatic carbocycles. The lowest BCUT2D eigenvalue weighted by atomic mass is 10.2. The Morgan fingerprint density at radius 2 is 1.90 bits per heavy atom. The van der Waals surface area contributed by atoms with Gasteiger partial charge in [-0.3, -0.25) is 4.79 Å². The Hall–Kier alpha value is -1.86. The number of aromatic nitrogens is 1. The van der Waals surface area contributed by atoms with Crippen LogP contribution in [0, 0.1) is 23.7 Å². The Balaban J connectivity index is 1.68. The summed E-state index contributed by atoms with van der Waals surface area (Å²) in [6.07, 6.45) is 6.69. The molecule has 1 aromatic rings. The molecule has 4 nitrogen and oxygen atoms in total. The summed E-state index contributed by atoms with van der Waals surface area (Å²) in [5.74, 6) is 7.19. The lowest BCUT2D eigenvalue weighted by Crippen LogP contribution is -2.35. The quantitative estimate of drug-likeness (QED) is 0.836. The van der Waals surface area contributed by atoms with Gasteiger partial charge in [-0.25, -0.2) is 4.98 Å². The molecule has 21 heavy (non-hydrogen) atoms. The van der Waals surface area contributed by atoms with Crippen LogP contribution in [0.1, 0.15) is 41.7 Å². The van der Waals surface area contributed by atoms with Crippen LogP contribution in [0.15, 0.2) is 18.3 Å². The maximum Gasteiger partial charge on any atom is 0.272 e. The van der Waals surface area contributed by atoms with Gasteiger partial charge in [0.25, 0.3) is 5.91 Å². The van der Waals surface area contributed by atoms with Crippen LogP contribution < -0.4 is 5.73 Å². The topological polar surface area (TPSA) is 59.2 Å². The molecule has 0 spiro atoms. The Labute approximate surface area is 125 Å². The minimum absolute atomic E-state index is 0.0622. The van der Waals surface area contributed by atoms with Gasteiger partial charge in [-0.15, -0.1) is 0 Å². The summed E-state index contributed by atoms with van der Waals surface area (Å²) in [4.78, 5) is 18.9. The van der Waals surface area contributed by atoms with Gasteiger partial charge in [-0.1, -0.05) is 11.8 Å². The molecule has 1 aromatic heterocycles. The fourth-order valence-electron chi connectivity index (χ4n) is 2.37. The number of hydrogen-bond donors (Lipinski definition) is 1. The largest absolute Gasteiger partial charge is 0.337 e. The second kappa shape index (κ2) is 6.28. The van der Waals surface area contributed by atoms with E-state index < -0.39 is 0 Å². The van der Waals surface area contributed by atoms with Crippen LogP contribution in [-0.4, -0.2) is 35.4 Å². The third kappa shape index (κ3) is 4.05. The minimum Gasteiger partial charge on any atom is -0.337 e. The first kappa shape index (κ1) is 14.1. The van der Waals surface area contributed by atoms with Crippen molar-refractivity contribution >= 4 is 5.91 Å². The maximum atomic E-state index is 12.6. The molecule has 0 saturated heterocycles. The summed E-state index contributed by atoms with van der Waals surface area (Å²) in [7, 11) is 0. The van der Waals surface area contributed by atoms with Crippen molar-refractivity contribution in [3.05, 3.63) is 29.6 Å². The second-order valence-corrected chi connectivity index (χ2v) is 6.03. The van der Waals surface area contributed by atoms with E-state index in [1.165, 1.54) is 25.7 Å². The highest BCUT2D eigenvalue weighted by atomic mass is 16.2. The van der Waals surface area contributed by atoms with E-state index in [1.54, 1.807) is 12.3 Å². The number of carbonyl (C=O) groups is 1. The average Bonchev–Trinajstić information content (AvgIpc) is 3.40. The monoisotopic (exact) mass is 283 g/mol. The SMILES string of the molecule is NCC#Cc1ccc(C(=O)N(CC2CC2)CC2CC2)nc1. The molecule has 0 radical (unpaired) electrons. The summed E-state index contributed by atoms with van der Waals surface area (Å²) in [6.45, 7) is 2.12. The third-order valence-corrected chi connectivity index (χ3v) is 3.96. The Kier molecular flexibility index (Phi) is 4.21. The highest BCUT2D eigenvalue weighted by Gasteiger charge is 2.32. The third-order valence-electron chi connectivity index (χ3n) is 3.96. The molecule has 2 N–H and O–H groups in total. The predicted octanol–water partition coefficient (Wildman–Crippen LogP) is 1.65. The van der Waals surface area contributed by atoms with Gasteiger partial charge in [-0.05, 0) is 49.7 Å². The van der Waals surface area contributed by atoms with E-state index in [4.69, 9.17) is 5.73 Å². The number of hydrogen-bond acceptors (Lipinski definition) is 3. The van der Waals surface area contributed by atoms with Crippen molar-refractivity contribution in [1.29, 1.82) is 0 Å². The first-order valence-electron chi connectivity index (χ1n) is 7.70. The molecule has 2 aliphatic rings. The van der Waals surface area contributed by atoms with Gasteiger partial charge in [0.05, 0.1) is 6.54 Å². The zero-order valence-corrected chi connectivity index (χ0v) is 12.2. The predicted molar refractivity (Wildman–Crippen MR) is 81.5 cm³/mol. The fourth-order valence-corrected chi connectivity index (χ4v) is 2.37. The fraction of sp³-hybridized carbons (Fsp3) is 0.529. The van der Waals surface area contributed by atoms with Crippen LogP contribution in [-0.2, 0) is 0 Å². The van der Waals surface area contributed by atoms with Crippen molar-refractivity contribution in [3.8, 4) is 11.8 Å². The van der Waals surface area contributed by atoms with Crippen molar-refractivity contribution in [1.82, 2.24) is 9.88 Å². The smallest absolute Gasteiger partial charge is 0.272 e. The van der Waals surface area contributed by atoms with E-state index in [0.29, 0.717) is 24.1 Å². The van der Waals surface area contributed by atoms with Gasteiger partial charge in [0.2, 0.25) is 0 Å². The molecule has 1 amide bonds. The van der Waals surface area contributed by atoms with E-state index in [1.807, 2.05) is 11.0 Å². The summed E-state index contributed by atoms with van der Waals surface area (Å²) in [6, 6.07) is 3.62. The molecule has 0 unspecified atom stereocenters. The lowest BCUT2D eigenvalue weighted by molar-refractivity contribution is 0.0733. The van der Waals surface area contributed by atoms with Gasteiger partial charge in [0.1, 0.15) is 5.69 Å². The first-order valence-corrected chi connectivity index (χ1v) is 7.70. The average molecular weight is 283 g/mol. The van der Waals surface area contributed by atoms with Crippen molar-refractivity contribution in [3.63, 3.8) is 0 Å². The van der Waals surface area contributed by atoms with Gasteiger partial charge < -0.3 is 10.6 Å². The molecule has 110 valence electrons. The molecule has 0 aliphatic heterocycles. The summed E-state index contributed by atoms with van der Waals surface area (Å²) >= 11 is 0. The molecule has 0 aromatic carbocycles. The number of amides is 1. The molecule has 3 rings (SSSR count). The van der Waals surface area contributed by atoms with Gasteiger partial charge in [0.15, 0.2) is 0 Å². The van der Waals surface area contributed by atoms with Gasteiger partial charge in [0, 0.05) is 24.8 Å². The van der Waals surface area contributed by atoms with Crippen LogP contribution in [0.25, 0.3) is 0 Å². The Bertz CT molecular complexity index is 548. The Morgan fingerprint density at radius 3 is 2.38 bits per heavy atom. The molecule has 0 atom stereocenters. The zero-order valence-electron chi connectivity index (χ0n) is 12.2. The van der Waals surface area contributed by atoms with Crippen LogP contribution in [0.5, 0.6) is 0 Å². The summed E-state index contributed by atoms with van der Waals surface area (Å²) in [5, 5.41) is 0.